The molecule has 0 aromatic carbocycles. The average Bonchev–Trinajstić information content (AvgIpc) is 2.94. The molecule has 4 nitrogen and oxygen atoms in total. The van der Waals surface area contributed by atoms with Crippen LogP contribution in [0.3, 0.4) is 0 Å². The molecular weight excluding hydrogens is 276 g/mol. The first kappa shape index (κ1) is 15.8. The van der Waals surface area contributed by atoms with Gasteiger partial charge in [0.1, 0.15) is 6.04 Å². The van der Waals surface area contributed by atoms with Gasteiger partial charge in [0.2, 0.25) is 11.8 Å². The van der Waals surface area contributed by atoms with Gasteiger partial charge < -0.3 is 10.2 Å². The minimum atomic E-state index is -0.364. The zero-order valence-corrected chi connectivity index (χ0v) is 13.9. The molecule has 0 aromatic heterocycles. The molecule has 0 spiro atoms. The molecule has 2 unspecified atom stereocenters. The first-order chi connectivity index (χ1) is 10.7. The van der Waals surface area contributed by atoms with Crippen molar-refractivity contribution in [2.75, 3.05) is 6.54 Å². The molecule has 2 saturated carbocycles. The third-order valence-electron chi connectivity index (χ3n) is 5.98. The number of nitrogens with zero attached hydrogens (tertiary/aromatic N) is 1. The maximum atomic E-state index is 12.8. The van der Waals surface area contributed by atoms with Crippen LogP contribution in [0.15, 0.2) is 0 Å². The normalized spacial score (nSPS) is 28.2. The lowest BCUT2D eigenvalue weighted by Gasteiger charge is -2.35. The fraction of sp³-hybridized carbons (Fsp3) is 0.889. The molecule has 2 atom stereocenters. The van der Waals surface area contributed by atoms with Crippen molar-refractivity contribution in [3.05, 3.63) is 0 Å². The Labute approximate surface area is 134 Å². The number of likely N-dealkylation sites (tertiary alicyclic amines) is 1. The number of amides is 2. The number of carbonyl (C=O) groups excluding carboxylic acids is 2. The fourth-order valence-corrected chi connectivity index (χ4v) is 4.39. The highest BCUT2D eigenvalue weighted by molar-refractivity contribution is 5.88. The highest BCUT2D eigenvalue weighted by Gasteiger charge is 2.37. The Morgan fingerprint density at radius 1 is 0.955 bits per heavy atom. The van der Waals surface area contributed by atoms with Crippen molar-refractivity contribution in [1.29, 1.82) is 0 Å². The van der Waals surface area contributed by atoms with Crippen LogP contribution in [0.1, 0.15) is 71.1 Å². The van der Waals surface area contributed by atoms with Crippen molar-refractivity contribution in [3.8, 4) is 0 Å². The van der Waals surface area contributed by atoms with Gasteiger partial charge in [-0.1, -0.05) is 25.7 Å². The van der Waals surface area contributed by atoms with E-state index in [2.05, 4.69) is 10.2 Å². The predicted octanol–water partition coefficient (Wildman–Crippen LogP) is 2.86. The van der Waals surface area contributed by atoms with Gasteiger partial charge in [-0.25, -0.2) is 0 Å². The third kappa shape index (κ3) is 3.31. The SMILES string of the molecule is CC(NC(=O)C1CCC1)C(=O)N1CCCC1C1CCCCC1. The minimum absolute atomic E-state index is 0.0838. The van der Waals surface area contributed by atoms with Gasteiger partial charge in [0, 0.05) is 18.5 Å². The smallest absolute Gasteiger partial charge is 0.245 e. The van der Waals surface area contributed by atoms with E-state index < -0.39 is 0 Å². The van der Waals surface area contributed by atoms with Crippen LogP contribution in [-0.4, -0.2) is 35.3 Å². The second-order valence-corrected chi connectivity index (χ2v) is 7.50. The monoisotopic (exact) mass is 306 g/mol. The van der Waals surface area contributed by atoms with Gasteiger partial charge >= 0.3 is 0 Å². The third-order valence-corrected chi connectivity index (χ3v) is 5.98. The van der Waals surface area contributed by atoms with Crippen LogP contribution in [0.4, 0.5) is 0 Å². The summed E-state index contributed by atoms with van der Waals surface area (Å²) in [6.07, 6.45) is 11.9. The van der Waals surface area contributed by atoms with Gasteiger partial charge in [-0.05, 0) is 51.4 Å². The maximum absolute atomic E-state index is 12.8. The van der Waals surface area contributed by atoms with E-state index in [9.17, 15) is 9.59 Å². The van der Waals surface area contributed by atoms with Crippen LogP contribution in [-0.2, 0) is 9.59 Å². The lowest BCUT2D eigenvalue weighted by atomic mass is 9.83. The number of hydrogen-bond acceptors (Lipinski definition) is 2. The highest BCUT2D eigenvalue weighted by atomic mass is 16.2. The van der Waals surface area contributed by atoms with E-state index in [0.717, 1.165) is 38.6 Å². The minimum Gasteiger partial charge on any atom is -0.344 e. The van der Waals surface area contributed by atoms with Crippen molar-refractivity contribution in [2.24, 2.45) is 11.8 Å². The van der Waals surface area contributed by atoms with Crippen molar-refractivity contribution in [3.63, 3.8) is 0 Å². The number of nitrogens with one attached hydrogen (secondary N) is 1. The van der Waals surface area contributed by atoms with Crippen molar-refractivity contribution in [2.45, 2.75) is 83.2 Å². The van der Waals surface area contributed by atoms with Gasteiger partial charge in [-0.15, -0.1) is 0 Å². The Morgan fingerprint density at radius 2 is 1.68 bits per heavy atom. The topological polar surface area (TPSA) is 49.4 Å². The van der Waals surface area contributed by atoms with E-state index in [1.54, 1.807) is 0 Å². The molecule has 2 amide bonds. The van der Waals surface area contributed by atoms with E-state index >= 15 is 0 Å². The van der Waals surface area contributed by atoms with Gasteiger partial charge in [0.15, 0.2) is 0 Å². The predicted molar refractivity (Wildman–Crippen MR) is 86.3 cm³/mol. The number of rotatable bonds is 4. The second-order valence-electron chi connectivity index (χ2n) is 7.50. The zero-order valence-electron chi connectivity index (χ0n) is 13.9. The summed E-state index contributed by atoms with van der Waals surface area (Å²) < 4.78 is 0. The summed E-state index contributed by atoms with van der Waals surface area (Å²) in [7, 11) is 0. The first-order valence-electron chi connectivity index (χ1n) is 9.27. The first-order valence-corrected chi connectivity index (χ1v) is 9.27. The molecule has 1 aliphatic heterocycles. The molecule has 2 aliphatic carbocycles. The van der Waals surface area contributed by atoms with Crippen LogP contribution in [0.25, 0.3) is 0 Å². The summed E-state index contributed by atoms with van der Waals surface area (Å²) in [5, 5.41) is 2.95. The van der Waals surface area contributed by atoms with Gasteiger partial charge in [-0.2, -0.15) is 0 Å². The second kappa shape index (κ2) is 7.01. The van der Waals surface area contributed by atoms with E-state index in [1.165, 1.54) is 32.1 Å². The molecule has 0 aromatic rings. The van der Waals surface area contributed by atoms with Gasteiger partial charge in [-0.3, -0.25) is 9.59 Å². The van der Waals surface area contributed by atoms with E-state index in [1.807, 2.05) is 6.92 Å². The molecule has 4 heteroatoms. The summed E-state index contributed by atoms with van der Waals surface area (Å²) in [4.78, 5) is 26.9. The molecule has 1 heterocycles. The summed E-state index contributed by atoms with van der Waals surface area (Å²) in [6, 6.07) is 0.0631. The maximum Gasteiger partial charge on any atom is 0.245 e. The lowest BCUT2D eigenvalue weighted by molar-refractivity contribution is -0.139. The number of hydrogen-bond donors (Lipinski definition) is 1. The van der Waals surface area contributed by atoms with E-state index in [0.29, 0.717) is 12.0 Å². The zero-order chi connectivity index (χ0) is 15.5. The molecule has 0 bridgehead atoms. The van der Waals surface area contributed by atoms with Crippen molar-refractivity contribution >= 4 is 11.8 Å². The Balaban J connectivity index is 1.56. The van der Waals surface area contributed by atoms with Crippen LogP contribution < -0.4 is 5.32 Å². The lowest BCUT2D eigenvalue weighted by Crippen LogP contribution is -2.51. The summed E-state index contributed by atoms with van der Waals surface area (Å²) in [6.45, 7) is 2.73. The van der Waals surface area contributed by atoms with Gasteiger partial charge in [0.25, 0.3) is 0 Å². The summed E-state index contributed by atoms with van der Waals surface area (Å²) in [5.74, 6) is 1.07. The molecule has 3 aliphatic rings. The number of carbonyl (C=O) groups is 2. The summed E-state index contributed by atoms with van der Waals surface area (Å²) in [5.41, 5.74) is 0. The van der Waals surface area contributed by atoms with Crippen LogP contribution in [0.2, 0.25) is 0 Å². The molecule has 3 rings (SSSR count). The quantitative estimate of drug-likeness (QED) is 0.868. The molecule has 0 radical (unpaired) electrons. The molecule has 22 heavy (non-hydrogen) atoms. The standard InChI is InChI=1S/C18H30N2O2/c1-13(19-17(21)15-9-5-10-15)18(22)20-12-6-11-16(20)14-7-3-2-4-8-14/h13-16H,2-12H2,1H3,(H,19,21). The van der Waals surface area contributed by atoms with E-state index in [4.69, 9.17) is 0 Å². The Kier molecular flexibility index (Phi) is 5.04. The van der Waals surface area contributed by atoms with Crippen LogP contribution in [0, 0.1) is 11.8 Å². The Hall–Kier alpha value is -1.06. The van der Waals surface area contributed by atoms with Crippen molar-refractivity contribution < 1.29 is 9.59 Å². The molecule has 1 saturated heterocycles. The van der Waals surface area contributed by atoms with Crippen molar-refractivity contribution in [1.82, 2.24) is 10.2 Å². The molecule has 1 N–H and O–H groups in total. The molecule has 124 valence electrons. The average molecular weight is 306 g/mol. The fourth-order valence-electron chi connectivity index (χ4n) is 4.39. The summed E-state index contributed by atoms with van der Waals surface area (Å²) >= 11 is 0. The largest absolute Gasteiger partial charge is 0.344 e. The molecular formula is C18H30N2O2. The van der Waals surface area contributed by atoms with Gasteiger partial charge in [0.05, 0.1) is 0 Å². The molecule has 3 fully saturated rings. The Morgan fingerprint density at radius 3 is 2.32 bits per heavy atom. The Bertz CT molecular complexity index is 413. The van der Waals surface area contributed by atoms with Crippen LogP contribution in [0.5, 0.6) is 0 Å². The van der Waals surface area contributed by atoms with E-state index in [-0.39, 0.29) is 23.8 Å². The highest BCUT2D eigenvalue weighted by Crippen LogP contribution is 2.34. The van der Waals surface area contributed by atoms with Crippen LogP contribution >= 0.6 is 0 Å².